The summed E-state index contributed by atoms with van der Waals surface area (Å²) < 4.78 is 0. The number of hydrogen-bond acceptors (Lipinski definition) is 3. The van der Waals surface area contributed by atoms with Gasteiger partial charge in [-0.1, -0.05) is 6.92 Å². The third-order valence-corrected chi connectivity index (χ3v) is 2.33. The van der Waals surface area contributed by atoms with E-state index in [-0.39, 0.29) is 5.91 Å². The molecule has 1 aliphatic rings. The van der Waals surface area contributed by atoms with Crippen LogP contribution in [0, 0.1) is 16.7 Å². The van der Waals surface area contributed by atoms with Crippen LogP contribution >= 0.6 is 0 Å². The molecule has 1 atom stereocenters. The minimum Gasteiger partial charge on any atom is -0.383 e. The first-order valence-corrected chi connectivity index (χ1v) is 4.40. The Balaban J connectivity index is 2.45. The first kappa shape index (κ1) is 10.0. The maximum absolute atomic E-state index is 11.3. The smallest absolute Gasteiger partial charge is 0.251 e. The lowest BCUT2D eigenvalue weighted by Crippen LogP contribution is -2.58. The molecule has 1 unspecified atom stereocenters. The van der Waals surface area contributed by atoms with Crippen LogP contribution in [0.3, 0.4) is 0 Å². The van der Waals surface area contributed by atoms with Gasteiger partial charge in [0.05, 0.1) is 11.5 Å². The lowest BCUT2D eigenvalue weighted by Gasteiger charge is -2.43. The van der Waals surface area contributed by atoms with Crippen molar-refractivity contribution in [2.75, 3.05) is 13.1 Å². The number of likely N-dealkylation sites (tertiary alicyclic amines) is 1. The molecule has 0 aliphatic carbocycles. The zero-order valence-corrected chi connectivity index (χ0v) is 7.95. The molecule has 72 valence electrons. The Morgan fingerprint density at radius 1 is 1.77 bits per heavy atom. The van der Waals surface area contributed by atoms with Crippen LogP contribution in [0.25, 0.3) is 0 Å². The number of amides is 1. The summed E-state index contributed by atoms with van der Waals surface area (Å²) in [6, 6.07) is 2.14. The van der Waals surface area contributed by atoms with Crippen molar-refractivity contribution in [3.63, 3.8) is 0 Å². The highest BCUT2D eigenvalue weighted by molar-refractivity contribution is 5.81. The van der Waals surface area contributed by atoms with E-state index in [0.717, 1.165) is 0 Å². The van der Waals surface area contributed by atoms with E-state index >= 15 is 0 Å². The fraction of sp³-hybridized carbons (Fsp3) is 0.778. The van der Waals surface area contributed by atoms with E-state index in [4.69, 9.17) is 5.26 Å². The standard InChI is InChI=1S/C9H14N2O2/c1-3-7(12)8(13)11-5-9(2,4-10)6-11/h7,12H,3,5-6H2,1-2H3. The number of hydrogen-bond donors (Lipinski definition) is 1. The molecule has 0 aromatic carbocycles. The molecule has 0 bridgehead atoms. The molecule has 0 aromatic rings. The first-order valence-electron chi connectivity index (χ1n) is 4.40. The van der Waals surface area contributed by atoms with Gasteiger partial charge in [-0.15, -0.1) is 0 Å². The number of nitriles is 1. The van der Waals surface area contributed by atoms with Crippen molar-refractivity contribution < 1.29 is 9.90 Å². The van der Waals surface area contributed by atoms with Crippen LogP contribution in [-0.2, 0) is 4.79 Å². The summed E-state index contributed by atoms with van der Waals surface area (Å²) in [4.78, 5) is 12.9. The van der Waals surface area contributed by atoms with Crippen LogP contribution in [0.4, 0.5) is 0 Å². The third kappa shape index (κ3) is 1.81. The summed E-state index contributed by atoms with van der Waals surface area (Å²) in [5, 5.41) is 17.9. The van der Waals surface area contributed by atoms with Crippen LogP contribution < -0.4 is 0 Å². The van der Waals surface area contributed by atoms with E-state index in [9.17, 15) is 9.90 Å². The SMILES string of the molecule is CCC(O)C(=O)N1CC(C)(C#N)C1. The number of aliphatic hydroxyl groups is 1. The van der Waals surface area contributed by atoms with Crippen molar-refractivity contribution in [2.24, 2.45) is 5.41 Å². The molecule has 4 nitrogen and oxygen atoms in total. The molecule has 1 heterocycles. The Hall–Kier alpha value is -1.08. The molecular weight excluding hydrogens is 168 g/mol. The number of carbonyl (C=O) groups is 1. The van der Waals surface area contributed by atoms with Gasteiger partial charge in [0, 0.05) is 13.1 Å². The van der Waals surface area contributed by atoms with E-state index < -0.39 is 11.5 Å². The summed E-state index contributed by atoms with van der Waals surface area (Å²) in [6.07, 6.45) is -0.471. The normalized spacial score (nSPS) is 21.5. The average Bonchev–Trinajstić information content (AvgIpc) is 2.10. The molecule has 1 N–H and O–H groups in total. The minimum atomic E-state index is -0.900. The number of rotatable bonds is 2. The van der Waals surface area contributed by atoms with Gasteiger partial charge in [-0.05, 0) is 13.3 Å². The molecule has 1 rings (SSSR count). The summed E-state index contributed by atoms with van der Waals surface area (Å²) in [6.45, 7) is 4.46. The number of nitrogens with zero attached hydrogens (tertiary/aromatic N) is 2. The summed E-state index contributed by atoms with van der Waals surface area (Å²) in [5.74, 6) is -0.254. The van der Waals surface area contributed by atoms with E-state index in [1.54, 1.807) is 6.92 Å². The Kier molecular flexibility index (Phi) is 2.58. The van der Waals surface area contributed by atoms with Gasteiger partial charge in [0.2, 0.25) is 0 Å². The molecule has 0 aromatic heterocycles. The Morgan fingerprint density at radius 2 is 2.31 bits per heavy atom. The second kappa shape index (κ2) is 3.35. The second-order valence-corrected chi connectivity index (χ2v) is 3.79. The molecule has 1 saturated heterocycles. The van der Waals surface area contributed by atoms with Crippen LogP contribution in [0.5, 0.6) is 0 Å². The highest BCUT2D eigenvalue weighted by Gasteiger charge is 2.42. The van der Waals surface area contributed by atoms with Crippen molar-refractivity contribution in [3.05, 3.63) is 0 Å². The van der Waals surface area contributed by atoms with E-state index in [1.165, 1.54) is 4.90 Å². The molecule has 0 radical (unpaired) electrons. The van der Waals surface area contributed by atoms with Gasteiger partial charge in [-0.3, -0.25) is 4.79 Å². The van der Waals surface area contributed by atoms with E-state index in [0.29, 0.717) is 19.5 Å². The Morgan fingerprint density at radius 3 is 2.69 bits per heavy atom. The molecule has 1 fully saturated rings. The van der Waals surface area contributed by atoms with Crippen molar-refractivity contribution >= 4 is 5.91 Å². The molecule has 1 aliphatic heterocycles. The maximum Gasteiger partial charge on any atom is 0.251 e. The predicted molar refractivity (Wildman–Crippen MR) is 46.6 cm³/mol. The molecule has 4 heteroatoms. The van der Waals surface area contributed by atoms with Gasteiger partial charge >= 0.3 is 0 Å². The van der Waals surface area contributed by atoms with E-state index in [1.807, 2.05) is 6.92 Å². The lowest BCUT2D eigenvalue weighted by molar-refractivity contribution is -0.149. The third-order valence-electron chi connectivity index (χ3n) is 2.33. The molecule has 0 spiro atoms. The summed E-state index contributed by atoms with van der Waals surface area (Å²) >= 11 is 0. The zero-order chi connectivity index (χ0) is 10.1. The van der Waals surface area contributed by atoms with Gasteiger partial charge in [0.25, 0.3) is 5.91 Å². The van der Waals surface area contributed by atoms with Crippen LogP contribution in [-0.4, -0.2) is 35.1 Å². The van der Waals surface area contributed by atoms with Crippen LogP contribution in [0.1, 0.15) is 20.3 Å². The first-order chi connectivity index (χ1) is 6.02. The number of aliphatic hydroxyl groups excluding tert-OH is 1. The number of carbonyl (C=O) groups excluding carboxylic acids is 1. The fourth-order valence-corrected chi connectivity index (χ4v) is 1.41. The van der Waals surface area contributed by atoms with Gasteiger partial charge in [0.15, 0.2) is 0 Å². The largest absolute Gasteiger partial charge is 0.383 e. The van der Waals surface area contributed by atoms with Gasteiger partial charge in [-0.25, -0.2) is 0 Å². The van der Waals surface area contributed by atoms with Gasteiger partial charge < -0.3 is 10.0 Å². The molecule has 13 heavy (non-hydrogen) atoms. The lowest BCUT2D eigenvalue weighted by atomic mass is 9.83. The quantitative estimate of drug-likeness (QED) is 0.660. The van der Waals surface area contributed by atoms with Crippen LogP contribution in [0.15, 0.2) is 0 Å². The van der Waals surface area contributed by atoms with Gasteiger partial charge in [-0.2, -0.15) is 5.26 Å². The molecule has 0 saturated carbocycles. The predicted octanol–water partition coefficient (Wildman–Crippen LogP) is 0.129. The molecule has 1 amide bonds. The second-order valence-electron chi connectivity index (χ2n) is 3.79. The summed E-state index contributed by atoms with van der Waals surface area (Å²) in [7, 11) is 0. The maximum atomic E-state index is 11.3. The fourth-order valence-electron chi connectivity index (χ4n) is 1.41. The van der Waals surface area contributed by atoms with Crippen molar-refractivity contribution in [3.8, 4) is 6.07 Å². The Labute approximate surface area is 77.8 Å². The molecular formula is C9H14N2O2. The Bertz CT molecular complexity index is 251. The average molecular weight is 182 g/mol. The monoisotopic (exact) mass is 182 g/mol. The zero-order valence-electron chi connectivity index (χ0n) is 7.95. The van der Waals surface area contributed by atoms with Gasteiger partial charge in [0.1, 0.15) is 6.10 Å². The highest BCUT2D eigenvalue weighted by Crippen LogP contribution is 2.29. The van der Waals surface area contributed by atoms with E-state index in [2.05, 4.69) is 6.07 Å². The van der Waals surface area contributed by atoms with Crippen LogP contribution in [0.2, 0.25) is 0 Å². The van der Waals surface area contributed by atoms with Crippen molar-refractivity contribution in [2.45, 2.75) is 26.4 Å². The highest BCUT2D eigenvalue weighted by atomic mass is 16.3. The summed E-state index contributed by atoms with van der Waals surface area (Å²) in [5.41, 5.74) is -0.400. The minimum absolute atomic E-state index is 0.254. The van der Waals surface area contributed by atoms with Crippen molar-refractivity contribution in [1.29, 1.82) is 5.26 Å². The van der Waals surface area contributed by atoms with Crippen molar-refractivity contribution in [1.82, 2.24) is 4.90 Å². The topological polar surface area (TPSA) is 64.3 Å².